The van der Waals surface area contributed by atoms with E-state index < -0.39 is 0 Å². The fourth-order valence-electron chi connectivity index (χ4n) is 3.84. The Bertz CT molecular complexity index is 1230. The van der Waals surface area contributed by atoms with E-state index in [0.29, 0.717) is 5.95 Å². The van der Waals surface area contributed by atoms with Gasteiger partial charge in [0.1, 0.15) is 5.82 Å². The minimum absolute atomic E-state index is 0.545. The number of nitrogens with zero attached hydrogens (tertiary/aromatic N) is 4. The minimum Gasteiger partial charge on any atom is -0.340 e. The summed E-state index contributed by atoms with van der Waals surface area (Å²) in [6.45, 7) is 3.99. The zero-order valence-electron chi connectivity index (χ0n) is 17.7. The zero-order valence-corrected chi connectivity index (χ0v) is 17.7. The van der Waals surface area contributed by atoms with Crippen molar-refractivity contribution in [2.45, 2.75) is 19.9 Å². The predicted octanol–water partition coefficient (Wildman–Crippen LogP) is 4.32. The number of anilines is 4. The van der Waals surface area contributed by atoms with E-state index in [1.165, 1.54) is 11.1 Å². The number of hydrogen-bond acceptors (Lipinski definition) is 6. The van der Waals surface area contributed by atoms with Crippen molar-refractivity contribution in [2.75, 3.05) is 17.2 Å². The van der Waals surface area contributed by atoms with E-state index in [4.69, 9.17) is 4.98 Å². The van der Waals surface area contributed by atoms with Gasteiger partial charge in [-0.25, -0.2) is 4.98 Å². The van der Waals surface area contributed by atoms with Crippen molar-refractivity contribution in [3.63, 3.8) is 0 Å². The van der Waals surface area contributed by atoms with Crippen LogP contribution >= 0.6 is 0 Å². The molecule has 5 rings (SSSR count). The SMILES string of the molecule is Cc1ccccc1Nc1ncc(-c2cnn(C)c2)c(Nc2ccc3c(c2)CNCC3)n1. The van der Waals surface area contributed by atoms with Gasteiger partial charge in [-0.15, -0.1) is 0 Å². The summed E-state index contributed by atoms with van der Waals surface area (Å²) < 4.78 is 1.78. The second-order valence-electron chi connectivity index (χ2n) is 7.83. The highest BCUT2D eigenvalue weighted by molar-refractivity contribution is 5.78. The molecule has 0 radical (unpaired) electrons. The molecule has 0 unspecified atom stereocenters. The largest absolute Gasteiger partial charge is 0.340 e. The van der Waals surface area contributed by atoms with E-state index >= 15 is 0 Å². The maximum absolute atomic E-state index is 4.82. The summed E-state index contributed by atoms with van der Waals surface area (Å²) in [6, 6.07) is 14.6. The molecule has 0 saturated heterocycles. The molecule has 1 aliphatic rings. The number of para-hydroxylation sites is 1. The van der Waals surface area contributed by atoms with Gasteiger partial charge in [-0.3, -0.25) is 4.68 Å². The van der Waals surface area contributed by atoms with E-state index in [1.54, 1.807) is 4.68 Å². The van der Waals surface area contributed by atoms with Gasteiger partial charge in [0, 0.05) is 48.5 Å². The highest BCUT2D eigenvalue weighted by Gasteiger charge is 2.14. The molecule has 1 aliphatic heterocycles. The third-order valence-electron chi connectivity index (χ3n) is 5.55. The number of aryl methyl sites for hydroxylation is 2. The maximum atomic E-state index is 4.82. The molecule has 2 aromatic carbocycles. The lowest BCUT2D eigenvalue weighted by Gasteiger charge is -2.19. The maximum Gasteiger partial charge on any atom is 0.229 e. The molecular formula is C24H25N7. The van der Waals surface area contributed by atoms with Gasteiger partial charge in [-0.05, 0) is 54.8 Å². The number of aromatic nitrogens is 4. The van der Waals surface area contributed by atoms with Gasteiger partial charge in [0.15, 0.2) is 0 Å². The fraction of sp³-hybridized carbons (Fsp3) is 0.208. The van der Waals surface area contributed by atoms with Gasteiger partial charge in [-0.1, -0.05) is 24.3 Å². The summed E-state index contributed by atoms with van der Waals surface area (Å²) in [6.07, 6.45) is 6.70. The van der Waals surface area contributed by atoms with Crippen molar-refractivity contribution >= 4 is 23.1 Å². The van der Waals surface area contributed by atoms with E-state index in [1.807, 2.05) is 43.8 Å². The summed E-state index contributed by atoms with van der Waals surface area (Å²) in [4.78, 5) is 9.38. The van der Waals surface area contributed by atoms with Gasteiger partial charge in [0.25, 0.3) is 0 Å². The van der Waals surface area contributed by atoms with Gasteiger partial charge >= 0.3 is 0 Å². The number of benzene rings is 2. The molecule has 3 N–H and O–H groups in total. The van der Waals surface area contributed by atoms with Crippen LogP contribution in [0.1, 0.15) is 16.7 Å². The van der Waals surface area contributed by atoms with Crippen molar-refractivity contribution in [3.05, 3.63) is 77.7 Å². The van der Waals surface area contributed by atoms with Gasteiger partial charge < -0.3 is 16.0 Å². The average Bonchev–Trinajstić information content (AvgIpc) is 3.21. The van der Waals surface area contributed by atoms with Crippen molar-refractivity contribution in [1.82, 2.24) is 25.1 Å². The summed E-state index contributed by atoms with van der Waals surface area (Å²) in [5.41, 5.74) is 7.73. The lowest BCUT2D eigenvalue weighted by molar-refractivity contribution is 0.644. The highest BCUT2D eigenvalue weighted by Crippen LogP contribution is 2.31. The third kappa shape index (κ3) is 4.13. The molecule has 7 heteroatoms. The molecule has 0 amide bonds. The molecule has 0 fully saturated rings. The van der Waals surface area contributed by atoms with E-state index in [-0.39, 0.29) is 0 Å². The monoisotopic (exact) mass is 411 g/mol. The molecule has 31 heavy (non-hydrogen) atoms. The quantitative estimate of drug-likeness (QED) is 0.454. The van der Waals surface area contributed by atoms with Crippen molar-refractivity contribution in [3.8, 4) is 11.1 Å². The first-order chi connectivity index (χ1) is 15.2. The molecule has 7 nitrogen and oxygen atoms in total. The summed E-state index contributed by atoms with van der Waals surface area (Å²) in [5.74, 6) is 1.28. The second-order valence-corrected chi connectivity index (χ2v) is 7.83. The van der Waals surface area contributed by atoms with Crippen LogP contribution in [0.4, 0.5) is 23.1 Å². The highest BCUT2D eigenvalue weighted by atomic mass is 15.2. The molecule has 4 aromatic rings. The molecule has 0 spiro atoms. The third-order valence-corrected chi connectivity index (χ3v) is 5.55. The molecule has 0 saturated carbocycles. The van der Waals surface area contributed by atoms with Crippen LogP contribution in [0.25, 0.3) is 11.1 Å². The van der Waals surface area contributed by atoms with Crippen LogP contribution in [0.15, 0.2) is 61.1 Å². The predicted molar refractivity (Wildman–Crippen MR) is 124 cm³/mol. The summed E-state index contributed by atoms with van der Waals surface area (Å²) >= 11 is 0. The average molecular weight is 412 g/mol. The van der Waals surface area contributed by atoms with Crippen LogP contribution < -0.4 is 16.0 Å². The minimum atomic E-state index is 0.545. The molecule has 0 atom stereocenters. The Morgan fingerprint density at radius 1 is 1.03 bits per heavy atom. The van der Waals surface area contributed by atoms with Crippen LogP contribution in [0.3, 0.4) is 0 Å². The summed E-state index contributed by atoms with van der Waals surface area (Å²) in [7, 11) is 1.90. The van der Waals surface area contributed by atoms with E-state index in [2.05, 4.69) is 57.2 Å². The standard InChI is InChI=1S/C24H25N7/c1-16-5-3-4-6-22(16)29-24-26-14-21(19-13-27-31(2)15-19)23(30-24)28-20-8-7-17-9-10-25-12-18(17)11-20/h3-8,11,13-15,25H,9-10,12H2,1-2H3,(H2,26,28,29,30). The Morgan fingerprint density at radius 3 is 2.77 bits per heavy atom. The Hall–Kier alpha value is -3.71. The Balaban J connectivity index is 1.51. The van der Waals surface area contributed by atoms with Crippen LogP contribution in [-0.2, 0) is 20.0 Å². The zero-order chi connectivity index (χ0) is 21.2. The number of hydrogen-bond donors (Lipinski definition) is 3. The lowest BCUT2D eigenvalue weighted by atomic mass is 10.0. The van der Waals surface area contributed by atoms with Gasteiger partial charge in [0.2, 0.25) is 5.95 Å². The van der Waals surface area contributed by atoms with Crippen LogP contribution in [0, 0.1) is 6.92 Å². The van der Waals surface area contributed by atoms with E-state index in [9.17, 15) is 0 Å². The topological polar surface area (TPSA) is 79.7 Å². The Labute approximate surface area is 181 Å². The Kier molecular flexibility index (Phi) is 5.09. The normalized spacial score (nSPS) is 13.0. The molecule has 3 heterocycles. The molecule has 2 aromatic heterocycles. The van der Waals surface area contributed by atoms with Gasteiger partial charge in [0.05, 0.1) is 6.20 Å². The second kappa shape index (κ2) is 8.20. The number of nitrogens with one attached hydrogen (secondary N) is 3. The fourth-order valence-corrected chi connectivity index (χ4v) is 3.84. The van der Waals surface area contributed by atoms with Crippen LogP contribution in [-0.4, -0.2) is 26.3 Å². The first-order valence-corrected chi connectivity index (χ1v) is 10.4. The Morgan fingerprint density at radius 2 is 1.94 bits per heavy atom. The molecule has 0 aliphatic carbocycles. The first kappa shape index (κ1) is 19.3. The summed E-state index contributed by atoms with van der Waals surface area (Å²) in [5, 5.41) is 14.6. The molecular weight excluding hydrogens is 386 g/mol. The number of rotatable bonds is 5. The van der Waals surface area contributed by atoms with E-state index in [0.717, 1.165) is 53.4 Å². The van der Waals surface area contributed by atoms with Crippen LogP contribution in [0.2, 0.25) is 0 Å². The van der Waals surface area contributed by atoms with Crippen molar-refractivity contribution in [1.29, 1.82) is 0 Å². The molecule has 156 valence electrons. The van der Waals surface area contributed by atoms with Crippen molar-refractivity contribution in [2.24, 2.45) is 7.05 Å². The van der Waals surface area contributed by atoms with Gasteiger partial charge in [-0.2, -0.15) is 10.1 Å². The lowest BCUT2D eigenvalue weighted by Crippen LogP contribution is -2.23. The first-order valence-electron chi connectivity index (χ1n) is 10.4. The van der Waals surface area contributed by atoms with Crippen molar-refractivity contribution < 1.29 is 0 Å². The van der Waals surface area contributed by atoms with Crippen LogP contribution in [0.5, 0.6) is 0 Å². The number of fused-ring (bicyclic) bond motifs is 1. The smallest absolute Gasteiger partial charge is 0.229 e. The molecule has 0 bridgehead atoms.